The fourth-order valence-electron chi connectivity index (χ4n) is 1.75. The van der Waals surface area contributed by atoms with Gasteiger partial charge in [-0.1, -0.05) is 53.9 Å². The van der Waals surface area contributed by atoms with E-state index in [4.69, 9.17) is 9.84 Å². The summed E-state index contributed by atoms with van der Waals surface area (Å²) in [6.07, 6.45) is 0. The van der Waals surface area contributed by atoms with Crippen LogP contribution in [-0.2, 0) is 14.3 Å². The van der Waals surface area contributed by atoms with Crippen LogP contribution in [0.3, 0.4) is 0 Å². The Morgan fingerprint density at radius 3 is 2.13 bits per heavy atom. The Kier molecular flexibility index (Phi) is 5.21. The number of carboxylic acid groups (broad SMARTS) is 1. The summed E-state index contributed by atoms with van der Waals surface area (Å²) >= 11 is 1.98. The van der Waals surface area contributed by atoms with E-state index >= 15 is 0 Å². The topological polar surface area (TPSA) is 80.7 Å². The van der Waals surface area contributed by atoms with Crippen molar-refractivity contribution in [3.8, 4) is 0 Å². The van der Waals surface area contributed by atoms with E-state index in [1.807, 2.05) is 0 Å². The normalized spacial score (nSPS) is 17.2. The maximum Gasteiger partial charge on any atom is 0.344 e. The molecule has 0 amide bonds. The minimum absolute atomic E-state index is 0.0985. The van der Waals surface area contributed by atoms with Crippen molar-refractivity contribution < 1.29 is 24.2 Å². The maximum absolute atomic E-state index is 12.7. The van der Waals surface area contributed by atoms with Crippen LogP contribution in [0, 0.1) is 0 Å². The zero-order valence-electron chi connectivity index (χ0n) is 12.9. The molecule has 0 atom stereocenters. The Bertz CT molecular complexity index is 665. The average molecular weight is 352 g/mol. The number of thioether (sulfide) groups is 2. The third-order valence-electron chi connectivity index (χ3n) is 2.70. The smallest absolute Gasteiger partial charge is 0.344 e. The Labute approximate surface area is 142 Å². The van der Waals surface area contributed by atoms with Gasteiger partial charge in [-0.3, -0.25) is 9.59 Å². The van der Waals surface area contributed by atoms with E-state index in [1.54, 1.807) is 51.1 Å². The molecule has 1 aliphatic rings. The van der Waals surface area contributed by atoms with Crippen LogP contribution >= 0.6 is 23.5 Å². The Hall–Kier alpha value is -1.73. The van der Waals surface area contributed by atoms with E-state index in [2.05, 4.69) is 0 Å². The molecule has 23 heavy (non-hydrogen) atoms. The molecule has 0 radical (unpaired) electrons. The summed E-state index contributed by atoms with van der Waals surface area (Å²) in [4.78, 5) is 36.0. The summed E-state index contributed by atoms with van der Waals surface area (Å²) in [7, 11) is 0. The summed E-state index contributed by atoms with van der Waals surface area (Å²) in [6, 6.07) is 8.38. The summed E-state index contributed by atoms with van der Waals surface area (Å²) in [5.41, 5.74) is -0.482. The van der Waals surface area contributed by atoms with Crippen LogP contribution in [0.1, 0.15) is 31.1 Å². The molecule has 1 aromatic rings. The first-order valence-electron chi connectivity index (χ1n) is 6.82. The lowest BCUT2D eigenvalue weighted by Crippen LogP contribution is -2.30. The fourth-order valence-corrected chi connectivity index (χ4v) is 3.82. The molecule has 0 aliphatic carbocycles. The van der Waals surface area contributed by atoms with Crippen molar-refractivity contribution in [1.82, 2.24) is 0 Å². The molecule has 5 nitrogen and oxygen atoms in total. The van der Waals surface area contributed by atoms with Crippen LogP contribution in [0.4, 0.5) is 0 Å². The van der Waals surface area contributed by atoms with Gasteiger partial charge in [0.1, 0.15) is 11.2 Å². The van der Waals surface area contributed by atoms with Gasteiger partial charge in [-0.2, -0.15) is 0 Å². The lowest BCUT2D eigenvalue weighted by atomic mass is 10.0. The van der Waals surface area contributed by atoms with Crippen molar-refractivity contribution in [3.63, 3.8) is 0 Å². The first-order valence-corrected chi connectivity index (χ1v) is 8.58. The van der Waals surface area contributed by atoms with Gasteiger partial charge in [0.2, 0.25) is 5.78 Å². The van der Waals surface area contributed by atoms with E-state index in [1.165, 1.54) is 0 Å². The third kappa shape index (κ3) is 4.39. The van der Waals surface area contributed by atoms with Gasteiger partial charge >= 0.3 is 11.9 Å². The molecule has 0 bridgehead atoms. The van der Waals surface area contributed by atoms with Crippen LogP contribution in [0.5, 0.6) is 0 Å². The van der Waals surface area contributed by atoms with Gasteiger partial charge < -0.3 is 9.84 Å². The van der Waals surface area contributed by atoms with Crippen molar-refractivity contribution in [1.29, 1.82) is 0 Å². The predicted octanol–water partition coefficient (Wildman–Crippen LogP) is 3.31. The van der Waals surface area contributed by atoms with Crippen molar-refractivity contribution in [2.45, 2.75) is 31.0 Å². The number of esters is 1. The summed E-state index contributed by atoms with van der Waals surface area (Å²) < 4.78 is 4.99. The number of Topliss-reactive ketones (excluding diaryl/α,β-unsaturated/α-hetero) is 1. The molecule has 0 spiro atoms. The number of ketones is 1. The van der Waals surface area contributed by atoms with Crippen molar-refractivity contribution >= 4 is 41.2 Å². The second-order valence-corrected chi connectivity index (χ2v) is 8.55. The van der Waals surface area contributed by atoms with Crippen LogP contribution in [-0.4, -0.2) is 33.0 Å². The highest BCUT2D eigenvalue weighted by Crippen LogP contribution is 2.53. The molecular weight excluding hydrogens is 336 g/mol. The number of carboxylic acids is 1. The highest BCUT2D eigenvalue weighted by molar-refractivity contribution is 8.39. The van der Waals surface area contributed by atoms with E-state index in [0.29, 0.717) is 9.80 Å². The van der Waals surface area contributed by atoms with E-state index in [9.17, 15) is 14.4 Å². The zero-order chi connectivity index (χ0) is 17.2. The van der Waals surface area contributed by atoms with Gasteiger partial charge in [0, 0.05) is 5.56 Å². The van der Waals surface area contributed by atoms with Gasteiger partial charge in [-0.25, -0.2) is 4.79 Å². The molecule has 1 fully saturated rings. The summed E-state index contributed by atoms with van der Waals surface area (Å²) in [6.45, 7) is 5.13. The third-order valence-corrected chi connectivity index (χ3v) is 5.52. The number of ether oxygens (including phenoxy) is 1. The number of rotatable bonds is 4. The monoisotopic (exact) mass is 352 g/mol. The van der Waals surface area contributed by atoms with Gasteiger partial charge in [-0.05, 0) is 20.8 Å². The zero-order valence-corrected chi connectivity index (χ0v) is 14.5. The molecule has 1 aromatic carbocycles. The van der Waals surface area contributed by atoms with E-state index in [-0.39, 0.29) is 5.57 Å². The van der Waals surface area contributed by atoms with Gasteiger partial charge in [0.05, 0.1) is 4.24 Å². The highest BCUT2D eigenvalue weighted by atomic mass is 32.3. The average Bonchev–Trinajstić information content (AvgIpc) is 2.39. The molecule has 0 unspecified atom stereocenters. The van der Waals surface area contributed by atoms with E-state index in [0.717, 1.165) is 23.5 Å². The standard InChI is InChI=1S/C16H16O5S2/c1-16(2,3)21-13(20)10(14-22-15(23-14)12(18)19)11(17)9-7-5-4-6-8-9/h4-8,15H,1-3H3,(H,18,19). The second kappa shape index (κ2) is 6.80. The van der Waals surface area contributed by atoms with Crippen molar-refractivity contribution in [2.24, 2.45) is 0 Å². The lowest BCUT2D eigenvalue weighted by Gasteiger charge is -2.27. The van der Waals surface area contributed by atoms with Gasteiger partial charge in [0.25, 0.3) is 0 Å². The van der Waals surface area contributed by atoms with Crippen LogP contribution in [0.2, 0.25) is 0 Å². The minimum atomic E-state index is -0.987. The minimum Gasteiger partial charge on any atom is -0.480 e. The largest absolute Gasteiger partial charge is 0.480 e. The van der Waals surface area contributed by atoms with Crippen molar-refractivity contribution in [3.05, 3.63) is 45.7 Å². The van der Waals surface area contributed by atoms with Crippen LogP contribution < -0.4 is 0 Å². The van der Waals surface area contributed by atoms with E-state index < -0.39 is 27.9 Å². The molecule has 1 N–H and O–H groups in total. The molecule has 7 heteroatoms. The fraction of sp³-hybridized carbons (Fsp3) is 0.312. The summed E-state index contributed by atoms with van der Waals surface area (Å²) in [5, 5.41) is 8.95. The highest BCUT2D eigenvalue weighted by Gasteiger charge is 2.39. The van der Waals surface area contributed by atoms with Crippen LogP contribution in [0.25, 0.3) is 0 Å². The predicted molar refractivity (Wildman–Crippen MR) is 90.2 cm³/mol. The SMILES string of the molecule is CC(C)(C)OC(=O)C(C(=O)c1ccccc1)=C1SC(C(=O)O)S1. The van der Waals surface area contributed by atoms with Gasteiger partial charge in [-0.15, -0.1) is 0 Å². The molecular formula is C16H16O5S2. The molecule has 0 aromatic heterocycles. The molecule has 0 saturated carbocycles. The number of aliphatic carboxylic acids is 1. The number of hydrogen-bond acceptors (Lipinski definition) is 6. The Balaban J connectivity index is 2.34. The maximum atomic E-state index is 12.7. The summed E-state index contributed by atoms with van der Waals surface area (Å²) in [5.74, 6) is -2.18. The second-order valence-electron chi connectivity index (χ2n) is 5.77. The number of carbonyl (C=O) groups is 3. The Morgan fingerprint density at radius 1 is 1.09 bits per heavy atom. The first-order chi connectivity index (χ1) is 10.7. The number of hydrogen-bond donors (Lipinski definition) is 1. The first kappa shape index (κ1) is 17.6. The van der Waals surface area contributed by atoms with Crippen molar-refractivity contribution in [2.75, 3.05) is 0 Å². The molecule has 1 heterocycles. The quantitative estimate of drug-likeness (QED) is 0.293. The molecule has 1 aliphatic heterocycles. The lowest BCUT2D eigenvalue weighted by molar-refractivity contribution is -0.149. The number of benzene rings is 1. The van der Waals surface area contributed by atoms with Gasteiger partial charge in [0.15, 0.2) is 4.58 Å². The number of carbonyl (C=O) groups excluding carboxylic acids is 2. The molecule has 122 valence electrons. The molecule has 2 rings (SSSR count). The van der Waals surface area contributed by atoms with Crippen LogP contribution in [0.15, 0.2) is 40.1 Å². The Morgan fingerprint density at radius 2 is 1.65 bits per heavy atom. The molecule has 1 saturated heterocycles.